The van der Waals surface area contributed by atoms with Gasteiger partial charge in [-0.25, -0.2) is 4.79 Å². The number of nitrogens with zero attached hydrogens (tertiary/aromatic N) is 1. The topological polar surface area (TPSA) is 83.6 Å². The Bertz CT molecular complexity index is 302. The van der Waals surface area contributed by atoms with Crippen LogP contribution in [0.15, 0.2) is 0 Å². The van der Waals surface area contributed by atoms with Gasteiger partial charge in [0.2, 0.25) is 5.91 Å². The number of carboxylic acid groups (broad SMARTS) is 1. The molecule has 1 saturated heterocycles. The Kier molecular flexibility index (Phi) is 4.51. The maximum atomic E-state index is 12.3. The summed E-state index contributed by atoms with van der Waals surface area (Å²) < 4.78 is 0. The highest BCUT2D eigenvalue weighted by Gasteiger charge is 2.49. The van der Waals surface area contributed by atoms with Crippen LogP contribution >= 0.6 is 0 Å². The maximum Gasteiger partial charge on any atom is 0.329 e. The third-order valence-corrected chi connectivity index (χ3v) is 3.86. The molecule has 0 aliphatic carbocycles. The van der Waals surface area contributed by atoms with E-state index in [-0.39, 0.29) is 18.4 Å². The van der Waals surface area contributed by atoms with E-state index in [0.29, 0.717) is 25.8 Å². The van der Waals surface area contributed by atoms with Crippen LogP contribution in [0.4, 0.5) is 0 Å². The van der Waals surface area contributed by atoms with Gasteiger partial charge >= 0.3 is 5.97 Å². The fourth-order valence-corrected chi connectivity index (χ4v) is 2.60. The largest absolute Gasteiger partial charge is 0.479 e. The summed E-state index contributed by atoms with van der Waals surface area (Å²) >= 11 is 0. The molecule has 0 bridgehead atoms. The number of carbonyl (C=O) groups is 2. The van der Waals surface area contributed by atoms with Gasteiger partial charge in [-0.3, -0.25) is 4.79 Å². The molecule has 5 nitrogen and oxygen atoms in total. The average molecular weight is 242 g/mol. The zero-order valence-electron chi connectivity index (χ0n) is 10.6. The van der Waals surface area contributed by atoms with Crippen LogP contribution in [0.2, 0.25) is 0 Å². The smallest absolute Gasteiger partial charge is 0.329 e. The second-order valence-electron chi connectivity index (χ2n) is 4.62. The number of hydrogen-bond acceptors (Lipinski definition) is 3. The molecule has 98 valence electrons. The summed E-state index contributed by atoms with van der Waals surface area (Å²) in [5.74, 6) is -1.24. The van der Waals surface area contributed by atoms with E-state index >= 15 is 0 Å². The number of carbonyl (C=O) groups excluding carboxylic acids is 1. The van der Waals surface area contributed by atoms with Crippen molar-refractivity contribution in [3.05, 3.63) is 0 Å². The van der Waals surface area contributed by atoms with E-state index in [4.69, 9.17) is 5.73 Å². The first-order valence-electron chi connectivity index (χ1n) is 6.28. The van der Waals surface area contributed by atoms with Gasteiger partial charge in [-0.1, -0.05) is 13.8 Å². The molecule has 1 aliphatic rings. The van der Waals surface area contributed by atoms with Gasteiger partial charge in [0.05, 0.1) is 5.92 Å². The molecule has 3 N–H and O–H groups in total. The van der Waals surface area contributed by atoms with E-state index in [1.807, 2.05) is 13.8 Å². The highest BCUT2D eigenvalue weighted by atomic mass is 16.4. The number of hydrogen-bond donors (Lipinski definition) is 2. The summed E-state index contributed by atoms with van der Waals surface area (Å²) in [7, 11) is 0. The number of nitrogens with two attached hydrogens (primary N) is 1. The molecule has 1 heterocycles. The summed E-state index contributed by atoms with van der Waals surface area (Å²) in [4.78, 5) is 25.3. The highest BCUT2D eigenvalue weighted by molar-refractivity contribution is 5.88. The lowest BCUT2D eigenvalue weighted by atomic mass is 9.91. The van der Waals surface area contributed by atoms with Crippen molar-refractivity contribution in [2.45, 2.75) is 45.1 Å². The Hall–Kier alpha value is -1.10. The fraction of sp³-hybridized carbons (Fsp3) is 0.833. The first-order chi connectivity index (χ1) is 8.03. The first-order valence-corrected chi connectivity index (χ1v) is 6.28. The Balaban J connectivity index is 2.95. The van der Waals surface area contributed by atoms with E-state index in [1.165, 1.54) is 4.90 Å². The van der Waals surface area contributed by atoms with Gasteiger partial charge in [0.15, 0.2) is 0 Å². The summed E-state index contributed by atoms with van der Waals surface area (Å²) in [5, 5.41) is 9.39. The van der Waals surface area contributed by atoms with Crippen molar-refractivity contribution in [2.24, 2.45) is 11.7 Å². The Morgan fingerprint density at radius 2 is 2.12 bits per heavy atom. The zero-order chi connectivity index (χ0) is 13.1. The predicted molar refractivity (Wildman–Crippen MR) is 64.4 cm³/mol. The van der Waals surface area contributed by atoms with E-state index in [0.717, 1.165) is 6.42 Å². The third kappa shape index (κ3) is 2.29. The second-order valence-corrected chi connectivity index (χ2v) is 4.62. The Morgan fingerprint density at radius 3 is 2.53 bits per heavy atom. The number of rotatable bonds is 5. The van der Waals surface area contributed by atoms with Gasteiger partial charge in [-0.2, -0.15) is 0 Å². The number of amides is 1. The van der Waals surface area contributed by atoms with Gasteiger partial charge in [0.1, 0.15) is 5.54 Å². The summed E-state index contributed by atoms with van der Waals surface area (Å²) in [6.45, 7) is 4.55. The van der Waals surface area contributed by atoms with Crippen LogP contribution in [0.5, 0.6) is 0 Å². The molecule has 1 fully saturated rings. The van der Waals surface area contributed by atoms with Crippen molar-refractivity contribution in [3.8, 4) is 0 Å². The zero-order valence-corrected chi connectivity index (χ0v) is 10.6. The van der Waals surface area contributed by atoms with Crippen LogP contribution in [0.25, 0.3) is 0 Å². The molecule has 0 aromatic rings. The Morgan fingerprint density at radius 1 is 1.47 bits per heavy atom. The van der Waals surface area contributed by atoms with Crippen molar-refractivity contribution in [1.29, 1.82) is 0 Å². The molecule has 1 amide bonds. The normalized spacial score (nSPS) is 25.9. The van der Waals surface area contributed by atoms with Crippen LogP contribution in [0, 0.1) is 5.92 Å². The maximum absolute atomic E-state index is 12.3. The van der Waals surface area contributed by atoms with Crippen LogP contribution in [0.1, 0.15) is 39.5 Å². The van der Waals surface area contributed by atoms with E-state index in [1.54, 1.807) is 0 Å². The van der Waals surface area contributed by atoms with Crippen LogP contribution in [-0.2, 0) is 9.59 Å². The van der Waals surface area contributed by atoms with E-state index in [2.05, 4.69) is 0 Å². The minimum absolute atomic E-state index is 0.100. The first kappa shape index (κ1) is 14.0. The van der Waals surface area contributed by atoms with Crippen molar-refractivity contribution < 1.29 is 14.7 Å². The van der Waals surface area contributed by atoms with Gasteiger partial charge in [0.25, 0.3) is 0 Å². The molecule has 17 heavy (non-hydrogen) atoms. The molecule has 2 unspecified atom stereocenters. The lowest BCUT2D eigenvalue weighted by Gasteiger charge is -2.35. The van der Waals surface area contributed by atoms with Gasteiger partial charge in [-0.15, -0.1) is 0 Å². The monoisotopic (exact) mass is 242 g/mol. The molecule has 0 spiro atoms. The van der Waals surface area contributed by atoms with Gasteiger partial charge in [-0.05, 0) is 25.7 Å². The van der Waals surface area contributed by atoms with Crippen molar-refractivity contribution in [1.82, 2.24) is 4.90 Å². The standard InChI is InChI=1S/C12H22N2O3/c1-3-9(8-13)10(15)14-7-5-6-12(14,4-2)11(16)17/h9H,3-8,13H2,1-2H3,(H,16,17). The molecular formula is C12H22N2O3. The molecule has 0 aromatic carbocycles. The second kappa shape index (κ2) is 5.49. The van der Waals surface area contributed by atoms with E-state index < -0.39 is 11.5 Å². The van der Waals surface area contributed by atoms with Crippen molar-refractivity contribution in [2.75, 3.05) is 13.1 Å². The molecule has 0 aromatic heterocycles. The fourth-order valence-electron chi connectivity index (χ4n) is 2.60. The van der Waals surface area contributed by atoms with Crippen molar-refractivity contribution >= 4 is 11.9 Å². The number of carboxylic acids is 1. The van der Waals surface area contributed by atoms with Gasteiger partial charge < -0.3 is 15.7 Å². The van der Waals surface area contributed by atoms with Gasteiger partial charge in [0, 0.05) is 13.1 Å². The molecule has 0 saturated carbocycles. The lowest BCUT2D eigenvalue weighted by Crippen LogP contribution is -2.54. The molecule has 0 radical (unpaired) electrons. The summed E-state index contributed by atoms with van der Waals surface area (Å²) in [6.07, 6.45) is 2.42. The molecule has 1 aliphatic heterocycles. The van der Waals surface area contributed by atoms with Crippen LogP contribution < -0.4 is 5.73 Å². The molecule has 1 rings (SSSR count). The minimum Gasteiger partial charge on any atom is -0.479 e. The molecule has 5 heteroatoms. The molecule has 2 atom stereocenters. The SMILES string of the molecule is CCC(CN)C(=O)N1CCCC1(CC)C(=O)O. The predicted octanol–water partition coefficient (Wildman–Crippen LogP) is 0.827. The number of aliphatic carboxylic acids is 1. The van der Waals surface area contributed by atoms with Crippen LogP contribution in [0.3, 0.4) is 0 Å². The lowest BCUT2D eigenvalue weighted by molar-refractivity contribution is -0.158. The molecular weight excluding hydrogens is 220 g/mol. The average Bonchev–Trinajstić information content (AvgIpc) is 2.75. The Labute approximate surface area is 102 Å². The highest BCUT2D eigenvalue weighted by Crippen LogP contribution is 2.34. The van der Waals surface area contributed by atoms with E-state index in [9.17, 15) is 14.7 Å². The minimum atomic E-state index is -1.00. The summed E-state index contributed by atoms with van der Waals surface area (Å²) in [5.41, 5.74) is 4.56. The summed E-state index contributed by atoms with van der Waals surface area (Å²) in [6, 6.07) is 0. The quantitative estimate of drug-likeness (QED) is 0.748. The third-order valence-electron chi connectivity index (χ3n) is 3.86. The number of likely N-dealkylation sites (tertiary alicyclic amines) is 1. The van der Waals surface area contributed by atoms with Crippen LogP contribution in [-0.4, -0.2) is 40.5 Å². The van der Waals surface area contributed by atoms with Crippen molar-refractivity contribution in [3.63, 3.8) is 0 Å².